The van der Waals surface area contributed by atoms with Gasteiger partial charge in [-0.25, -0.2) is 9.18 Å². The fourth-order valence-electron chi connectivity index (χ4n) is 0.845. The van der Waals surface area contributed by atoms with Crippen molar-refractivity contribution < 1.29 is 19.0 Å². The summed E-state index contributed by atoms with van der Waals surface area (Å²) in [5.41, 5.74) is 0.0354. The Labute approximate surface area is 80.1 Å². The molecule has 1 N–H and O–H groups in total. The summed E-state index contributed by atoms with van der Waals surface area (Å²) in [5, 5.41) is 8.25. The Bertz CT molecular complexity index is 415. The van der Waals surface area contributed by atoms with Crippen LogP contribution in [0.4, 0.5) is 4.39 Å². The monoisotopic (exact) mass is 194 g/mol. The molecule has 0 saturated carbocycles. The fourth-order valence-corrected chi connectivity index (χ4v) is 0.845. The molecule has 0 unspecified atom stereocenters. The van der Waals surface area contributed by atoms with Crippen molar-refractivity contribution in [3.63, 3.8) is 0 Å². The third-order valence-corrected chi connectivity index (χ3v) is 1.48. The molecule has 0 fully saturated rings. The van der Waals surface area contributed by atoms with E-state index >= 15 is 0 Å². The van der Waals surface area contributed by atoms with Gasteiger partial charge in [-0.15, -0.1) is 0 Å². The molecule has 0 spiro atoms. The van der Waals surface area contributed by atoms with Crippen LogP contribution in [0.1, 0.15) is 5.56 Å². The van der Waals surface area contributed by atoms with Crippen LogP contribution in [0.2, 0.25) is 0 Å². The predicted octanol–water partition coefficient (Wildman–Crippen LogP) is 1.27. The molecule has 0 aliphatic carbocycles. The van der Waals surface area contributed by atoms with E-state index in [0.29, 0.717) is 5.75 Å². The van der Waals surface area contributed by atoms with Crippen LogP contribution < -0.4 is 4.74 Å². The standard InChI is InChI=1S/C10H7FO3/c1-14-8-4-2-7(9(11)6-8)3-5-10(12)13/h2,4,6H,1H3,(H,12,13). The first-order valence-electron chi connectivity index (χ1n) is 3.72. The van der Waals surface area contributed by atoms with Gasteiger partial charge >= 0.3 is 5.97 Å². The SMILES string of the molecule is COc1ccc(C#CC(=O)O)c(F)c1. The third kappa shape index (κ3) is 2.49. The van der Waals surface area contributed by atoms with E-state index in [-0.39, 0.29) is 5.56 Å². The van der Waals surface area contributed by atoms with Gasteiger partial charge in [-0.3, -0.25) is 0 Å². The quantitative estimate of drug-likeness (QED) is 0.685. The number of carboxylic acid groups (broad SMARTS) is 1. The van der Waals surface area contributed by atoms with E-state index in [1.165, 1.54) is 19.2 Å². The summed E-state index contributed by atoms with van der Waals surface area (Å²) in [6.07, 6.45) is 0. The maximum atomic E-state index is 13.1. The lowest BCUT2D eigenvalue weighted by Crippen LogP contribution is -1.90. The first-order valence-corrected chi connectivity index (χ1v) is 3.72. The van der Waals surface area contributed by atoms with Gasteiger partial charge in [0.25, 0.3) is 0 Å². The Balaban J connectivity index is 3.02. The van der Waals surface area contributed by atoms with E-state index < -0.39 is 11.8 Å². The highest BCUT2D eigenvalue weighted by atomic mass is 19.1. The lowest BCUT2D eigenvalue weighted by atomic mass is 10.2. The van der Waals surface area contributed by atoms with Crippen LogP contribution in [0, 0.1) is 17.7 Å². The number of rotatable bonds is 1. The zero-order valence-corrected chi connectivity index (χ0v) is 7.37. The molecule has 0 aliphatic rings. The number of hydrogen-bond donors (Lipinski definition) is 1. The predicted molar refractivity (Wildman–Crippen MR) is 47.5 cm³/mol. The number of carboxylic acids is 1. The smallest absolute Gasteiger partial charge is 0.382 e. The Kier molecular flexibility index (Phi) is 3.08. The molecule has 0 radical (unpaired) electrons. The van der Waals surface area contributed by atoms with Crippen molar-refractivity contribution in [2.24, 2.45) is 0 Å². The molecule has 0 aromatic heterocycles. The Hall–Kier alpha value is -2.02. The van der Waals surface area contributed by atoms with Gasteiger partial charge in [-0.05, 0) is 12.1 Å². The van der Waals surface area contributed by atoms with Crippen LogP contribution >= 0.6 is 0 Å². The van der Waals surface area contributed by atoms with Gasteiger partial charge in [0, 0.05) is 12.0 Å². The molecule has 14 heavy (non-hydrogen) atoms. The van der Waals surface area contributed by atoms with Crippen molar-refractivity contribution in [2.45, 2.75) is 0 Å². The highest BCUT2D eigenvalue weighted by molar-refractivity contribution is 5.87. The molecule has 0 saturated heterocycles. The maximum absolute atomic E-state index is 13.1. The van der Waals surface area contributed by atoms with Crippen molar-refractivity contribution in [2.75, 3.05) is 7.11 Å². The minimum absolute atomic E-state index is 0.0354. The largest absolute Gasteiger partial charge is 0.497 e. The van der Waals surface area contributed by atoms with Crippen LogP contribution in [0.5, 0.6) is 5.75 Å². The average molecular weight is 194 g/mol. The summed E-state index contributed by atoms with van der Waals surface area (Å²) in [6.45, 7) is 0. The third-order valence-electron chi connectivity index (χ3n) is 1.48. The first-order chi connectivity index (χ1) is 6.63. The summed E-state index contributed by atoms with van der Waals surface area (Å²) in [4.78, 5) is 10.1. The minimum atomic E-state index is -1.29. The Morgan fingerprint density at radius 1 is 1.57 bits per heavy atom. The van der Waals surface area contributed by atoms with Gasteiger partial charge in [-0.1, -0.05) is 5.92 Å². The highest BCUT2D eigenvalue weighted by Crippen LogP contribution is 2.14. The van der Waals surface area contributed by atoms with Crippen LogP contribution in [-0.2, 0) is 4.79 Å². The zero-order valence-electron chi connectivity index (χ0n) is 7.37. The topological polar surface area (TPSA) is 46.5 Å². The molecular weight excluding hydrogens is 187 g/mol. The number of hydrogen-bond acceptors (Lipinski definition) is 2. The van der Waals surface area contributed by atoms with E-state index in [4.69, 9.17) is 9.84 Å². The number of methoxy groups -OCH3 is 1. The van der Waals surface area contributed by atoms with E-state index in [2.05, 4.69) is 5.92 Å². The van der Waals surface area contributed by atoms with Crippen molar-refractivity contribution >= 4 is 5.97 Å². The molecule has 0 heterocycles. The molecule has 3 nitrogen and oxygen atoms in total. The lowest BCUT2D eigenvalue weighted by Gasteiger charge is -1.99. The van der Waals surface area contributed by atoms with Crippen LogP contribution in [0.15, 0.2) is 18.2 Å². The Morgan fingerprint density at radius 3 is 2.79 bits per heavy atom. The van der Waals surface area contributed by atoms with E-state index in [1.54, 1.807) is 0 Å². The summed E-state index contributed by atoms with van der Waals surface area (Å²) >= 11 is 0. The summed E-state index contributed by atoms with van der Waals surface area (Å²) in [5.74, 6) is 2.48. The zero-order chi connectivity index (χ0) is 10.6. The van der Waals surface area contributed by atoms with Gasteiger partial charge in [0.2, 0.25) is 0 Å². The highest BCUT2D eigenvalue weighted by Gasteiger charge is 2.00. The van der Waals surface area contributed by atoms with Gasteiger partial charge < -0.3 is 9.84 Å². The van der Waals surface area contributed by atoms with Crippen molar-refractivity contribution in [1.82, 2.24) is 0 Å². The molecule has 1 aromatic carbocycles. The minimum Gasteiger partial charge on any atom is -0.497 e. The fraction of sp³-hybridized carbons (Fsp3) is 0.100. The summed E-state index contributed by atoms with van der Waals surface area (Å²) < 4.78 is 17.9. The molecule has 1 rings (SSSR count). The number of benzene rings is 1. The van der Waals surface area contributed by atoms with E-state index in [9.17, 15) is 9.18 Å². The Morgan fingerprint density at radius 2 is 2.29 bits per heavy atom. The molecule has 1 aromatic rings. The maximum Gasteiger partial charge on any atom is 0.382 e. The van der Waals surface area contributed by atoms with Gasteiger partial charge in [0.05, 0.1) is 12.7 Å². The molecule has 0 aliphatic heterocycles. The van der Waals surface area contributed by atoms with Crippen LogP contribution in [0.3, 0.4) is 0 Å². The van der Waals surface area contributed by atoms with Gasteiger partial charge in [0.1, 0.15) is 11.6 Å². The summed E-state index contributed by atoms with van der Waals surface area (Å²) in [6, 6.07) is 4.02. The number of carbonyl (C=O) groups is 1. The number of halogens is 1. The van der Waals surface area contributed by atoms with Crippen LogP contribution in [-0.4, -0.2) is 18.2 Å². The van der Waals surface area contributed by atoms with Crippen LogP contribution in [0.25, 0.3) is 0 Å². The normalized spacial score (nSPS) is 8.71. The van der Waals surface area contributed by atoms with E-state index in [0.717, 1.165) is 6.07 Å². The number of ether oxygens (including phenoxy) is 1. The molecular formula is C10H7FO3. The van der Waals surface area contributed by atoms with Crippen molar-refractivity contribution in [3.8, 4) is 17.6 Å². The van der Waals surface area contributed by atoms with Gasteiger partial charge in [-0.2, -0.15) is 0 Å². The molecule has 72 valence electrons. The first kappa shape index (κ1) is 10.1. The van der Waals surface area contributed by atoms with E-state index in [1.807, 2.05) is 5.92 Å². The average Bonchev–Trinajstić information content (AvgIpc) is 2.15. The second kappa shape index (κ2) is 4.28. The summed E-state index contributed by atoms with van der Waals surface area (Å²) in [7, 11) is 1.41. The number of aliphatic carboxylic acids is 1. The molecule has 0 amide bonds. The molecule has 0 bridgehead atoms. The molecule has 0 atom stereocenters. The van der Waals surface area contributed by atoms with Crippen molar-refractivity contribution in [1.29, 1.82) is 0 Å². The lowest BCUT2D eigenvalue weighted by molar-refractivity contribution is -0.130. The second-order valence-electron chi connectivity index (χ2n) is 2.40. The molecule has 4 heteroatoms. The second-order valence-corrected chi connectivity index (χ2v) is 2.40. The van der Waals surface area contributed by atoms with Crippen molar-refractivity contribution in [3.05, 3.63) is 29.6 Å². The van der Waals surface area contributed by atoms with Gasteiger partial charge in [0.15, 0.2) is 0 Å².